The molecule has 0 aliphatic carbocycles. The number of anilines is 3. The molecule has 0 spiro atoms. The molecule has 0 unspecified atom stereocenters. The van der Waals surface area contributed by atoms with Gasteiger partial charge in [0.2, 0.25) is 0 Å². The van der Waals surface area contributed by atoms with Crippen molar-refractivity contribution in [3.63, 3.8) is 0 Å². The molecule has 2 aromatic heterocycles. The maximum Gasteiger partial charge on any atom is 0.0619 e. The highest BCUT2D eigenvalue weighted by atomic mass is 15.1. The zero-order valence-corrected chi connectivity index (χ0v) is 45.7. The second-order valence-electron chi connectivity index (χ2n) is 23.4. The molecule has 14 aromatic rings. The van der Waals surface area contributed by atoms with Crippen LogP contribution in [0, 0.1) is 0 Å². The van der Waals surface area contributed by atoms with Gasteiger partial charge in [-0.25, -0.2) is 0 Å². The van der Waals surface area contributed by atoms with Crippen LogP contribution in [-0.2, 0) is 10.8 Å². The molecule has 0 atom stereocenters. The largest absolute Gasteiger partial charge is 0.309 e. The highest BCUT2D eigenvalue weighted by molar-refractivity contribution is 6.24. The summed E-state index contributed by atoms with van der Waals surface area (Å²) in [6.45, 7) is 14.1. The van der Waals surface area contributed by atoms with Gasteiger partial charge in [0.25, 0.3) is 0 Å². The van der Waals surface area contributed by atoms with Gasteiger partial charge in [-0.1, -0.05) is 217 Å². The van der Waals surface area contributed by atoms with Crippen LogP contribution in [0.3, 0.4) is 0 Å². The molecular weight excluding hydrogens is 955 g/mol. The van der Waals surface area contributed by atoms with Crippen molar-refractivity contribution in [3.05, 3.63) is 272 Å². The molecule has 0 aliphatic rings. The Labute approximate surface area is 462 Å². The number of para-hydroxylation sites is 4. The maximum atomic E-state index is 2.58. The van der Waals surface area contributed by atoms with E-state index in [1.807, 2.05) is 0 Å². The first-order chi connectivity index (χ1) is 38.5. The second kappa shape index (κ2) is 18.6. The lowest BCUT2D eigenvalue weighted by molar-refractivity contribution is 0.569. The first-order valence-corrected chi connectivity index (χ1v) is 27.7. The van der Waals surface area contributed by atoms with Crippen LogP contribution in [0.2, 0.25) is 0 Å². The Morgan fingerprint density at radius 2 is 0.671 bits per heavy atom. The first-order valence-electron chi connectivity index (χ1n) is 27.7. The highest BCUT2D eigenvalue weighted by Crippen LogP contribution is 2.52. The Kier molecular flexibility index (Phi) is 11.3. The van der Waals surface area contributed by atoms with Crippen LogP contribution < -0.4 is 4.90 Å². The first kappa shape index (κ1) is 48.0. The van der Waals surface area contributed by atoms with Crippen LogP contribution >= 0.6 is 0 Å². The molecule has 12 aromatic carbocycles. The molecule has 14 rings (SSSR count). The molecule has 0 fully saturated rings. The summed E-state index contributed by atoms with van der Waals surface area (Å²) in [7, 11) is 0. The number of aromatic nitrogens is 2. The average Bonchev–Trinajstić information content (AvgIpc) is 4.23. The van der Waals surface area contributed by atoms with E-state index in [-0.39, 0.29) is 10.8 Å². The van der Waals surface area contributed by atoms with Crippen LogP contribution in [0.25, 0.3) is 110 Å². The second-order valence-corrected chi connectivity index (χ2v) is 23.4. The molecule has 0 saturated carbocycles. The van der Waals surface area contributed by atoms with E-state index >= 15 is 0 Å². The van der Waals surface area contributed by atoms with E-state index in [9.17, 15) is 0 Å². The third kappa shape index (κ3) is 8.19. The van der Waals surface area contributed by atoms with Gasteiger partial charge in [0.1, 0.15) is 0 Å². The minimum Gasteiger partial charge on any atom is -0.309 e. The standard InChI is InChI=1S/C76H61N3/c1-75(2,3)55-43-54(44-56(47-55)76(4,5)6)73-63-39-35-53(51-25-13-8-14-26-51)46-68(63)74(64-40-36-52(45-67(64)73)50-23-11-7-12-24-50)77(59-37-41-71-65(48-59)61-31-19-21-33-69(61)78(71)57-27-15-9-16-28-57)60-38-42-72-66(49-60)62-32-20-22-34-70(62)79(72)58-29-17-10-18-30-58/h7-49H,1-6H3. The summed E-state index contributed by atoms with van der Waals surface area (Å²) in [5.41, 5.74) is 19.9. The van der Waals surface area contributed by atoms with Gasteiger partial charge >= 0.3 is 0 Å². The minimum atomic E-state index is -0.0847. The van der Waals surface area contributed by atoms with Crippen molar-refractivity contribution in [2.45, 2.75) is 52.4 Å². The fourth-order valence-electron chi connectivity index (χ4n) is 12.3. The van der Waals surface area contributed by atoms with Gasteiger partial charge in [0.05, 0.1) is 27.8 Å². The third-order valence-corrected chi connectivity index (χ3v) is 16.3. The van der Waals surface area contributed by atoms with Crippen molar-refractivity contribution in [2.75, 3.05) is 4.90 Å². The predicted octanol–water partition coefficient (Wildman–Crippen LogP) is 21.3. The number of rotatable bonds is 8. The topological polar surface area (TPSA) is 13.1 Å². The van der Waals surface area contributed by atoms with E-state index < -0.39 is 0 Å². The Bertz CT molecular complexity index is 4460. The lowest BCUT2D eigenvalue weighted by Gasteiger charge is -2.31. The predicted molar refractivity (Wildman–Crippen MR) is 339 cm³/mol. The van der Waals surface area contributed by atoms with Crippen molar-refractivity contribution in [1.82, 2.24) is 9.13 Å². The molecule has 0 saturated heterocycles. The molecule has 0 amide bonds. The summed E-state index contributed by atoms with van der Waals surface area (Å²) in [6, 6.07) is 97.2. The van der Waals surface area contributed by atoms with E-state index in [2.05, 4.69) is 316 Å². The van der Waals surface area contributed by atoms with Gasteiger partial charge in [0, 0.05) is 55.1 Å². The summed E-state index contributed by atoms with van der Waals surface area (Å²) >= 11 is 0. The number of nitrogens with zero attached hydrogens (tertiary/aromatic N) is 3. The number of fused-ring (bicyclic) bond motifs is 8. The summed E-state index contributed by atoms with van der Waals surface area (Å²) < 4.78 is 4.83. The summed E-state index contributed by atoms with van der Waals surface area (Å²) in [5.74, 6) is 0. The number of hydrogen-bond acceptors (Lipinski definition) is 1. The van der Waals surface area contributed by atoms with Crippen molar-refractivity contribution in [1.29, 1.82) is 0 Å². The van der Waals surface area contributed by atoms with Gasteiger partial charge in [-0.15, -0.1) is 0 Å². The Morgan fingerprint density at radius 1 is 0.266 bits per heavy atom. The molecular formula is C76H61N3. The molecule has 0 N–H and O–H groups in total. The summed E-state index contributed by atoms with van der Waals surface area (Å²) in [5, 5.41) is 9.56. The fraction of sp³-hybridized carbons (Fsp3) is 0.105. The van der Waals surface area contributed by atoms with Crippen LogP contribution in [0.15, 0.2) is 261 Å². The molecule has 0 radical (unpaired) electrons. The molecule has 2 heterocycles. The van der Waals surface area contributed by atoms with Crippen molar-refractivity contribution in [3.8, 4) is 44.8 Å². The quantitative estimate of drug-likeness (QED) is 0.138. The normalized spacial score (nSPS) is 12.2. The summed E-state index contributed by atoms with van der Waals surface area (Å²) in [6.07, 6.45) is 0. The van der Waals surface area contributed by atoms with Gasteiger partial charge in [-0.3, -0.25) is 0 Å². The van der Waals surface area contributed by atoms with Crippen molar-refractivity contribution in [2.24, 2.45) is 0 Å². The van der Waals surface area contributed by atoms with E-state index in [1.54, 1.807) is 0 Å². The summed E-state index contributed by atoms with van der Waals surface area (Å²) in [4.78, 5) is 2.58. The molecule has 0 bridgehead atoms. The molecule has 380 valence electrons. The van der Waals surface area contributed by atoms with Crippen LogP contribution in [0.4, 0.5) is 17.1 Å². The lowest BCUT2D eigenvalue weighted by atomic mass is 9.77. The molecule has 3 nitrogen and oxygen atoms in total. The Morgan fingerprint density at radius 3 is 1.14 bits per heavy atom. The van der Waals surface area contributed by atoms with E-state index in [0.29, 0.717) is 0 Å². The van der Waals surface area contributed by atoms with Crippen molar-refractivity contribution >= 4 is 82.2 Å². The van der Waals surface area contributed by atoms with Crippen molar-refractivity contribution < 1.29 is 0 Å². The van der Waals surface area contributed by atoms with Crippen LogP contribution in [0.5, 0.6) is 0 Å². The number of benzene rings is 12. The Balaban J connectivity index is 1.15. The third-order valence-electron chi connectivity index (χ3n) is 16.3. The van der Waals surface area contributed by atoms with Gasteiger partial charge < -0.3 is 14.0 Å². The molecule has 0 aliphatic heterocycles. The van der Waals surface area contributed by atoms with Gasteiger partial charge in [-0.05, 0) is 151 Å². The van der Waals surface area contributed by atoms with E-state index in [4.69, 9.17) is 0 Å². The monoisotopic (exact) mass is 1020 g/mol. The zero-order chi connectivity index (χ0) is 53.6. The average molecular weight is 1020 g/mol. The maximum absolute atomic E-state index is 2.58. The minimum absolute atomic E-state index is 0.0847. The SMILES string of the molecule is CC(C)(C)c1cc(-c2c3cc(-c4ccccc4)ccc3c(N(c3ccc4c(c3)c3ccccc3n4-c3ccccc3)c3ccc4c(c3)c3ccccc3n4-c3ccccc3)c3cc(-c4ccccc4)ccc23)cc(C(C)(C)C)c1. The number of hydrogen-bond donors (Lipinski definition) is 0. The van der Waals surface area contributed by atoms with Gasteiger partial charge in [-0.2, -0.15) is 0 Å². The lowest BCUT2D eigenvalue weighted by Crippen LogP contribution is -2.16. The molecule has 3 heteroatoms. The van der Waals surface area contributed by atoms with E-state index in [0.717, 1.165) is 39.5 Å². The Hall–Kier alpha value is -9.44. The van der Waals surface area contributed by atoms with Crippen LogP contribution in [0.1, 0.15) is 52.7 Å². The smallest absolute Gasteiger partial charge is 0.0619 e. The van der Waals surface area contributed by atoms with Crippen LogP contribution in [-0.4, -0.2) is 9.13 Å². The van der Waals surface area contributed by atoms with E-state index in [1.165, 1.54) is 98.6 Å². The fourth-order valence-corrected chi connectivity index (χ4v) is 12.3. The highest BCUT2D eigenvalue weighted by Gasteiger charge is 2.28. The molecule has 79 heavy (non-hydrogen) atoms. The zero-order valence-electron chi connectivity index (χ0n) is 45.7. The van der Waals surface area contributed by atoms with Gasteiger partial charge in [0.15, 0.2) is 0 Å².